The predicted molar refractivity (Wildman–Crippen MR) is 93.1 cm³/mol. The molecular weight excluding hydrogens is 351 g/mol. The Balaban J connectivity index is 2.63. The molecule has 0 saturated heterocycles. The first-order valence-electron chi connectivity index (χ1n) is 7.80. The zero-order valence-corrected chi connectivity index (χ0v) is 15.1. The number of ether oxygens (including phenoxy) is 1. The van der Waals surface area contributed by atoms with Crippen molar-refractivity contribution in [1.29, 1.82) is 0 Å². The molecular formula is C18H20F3NO2S. The number of benzene rings is 1. The minimum absolute atomic E-state index is 0.0532. The number of allylic oxidation sites excluding steroid dienone is 2. The van der Waals surface area contributed by atoms with Crippen LogP contribution in [0.4, 0.5) is 13.2 Å². The molecule has 0 spiro atoms. The van der Waals surface area contributed by atoms with E-state index in [0.29, 0.717) is 17.1 Å². The average molecular weight is 371 g/mol. The molecule has 1 unspecified atom stereocenters. The number of nitrogens with one attached hydrogen (secondary N) is 1. The molecule has 0 aromatic heterocycles. The fraction of sp³-hybridized carbons (Fsp3) is 0.389. The van der Waals surface area contributed by atoms with Gasteiger partial charge in [0.05, 0.1) is 17.7 Å². The van der Waals surface area contributed by atoms with Crippen molar-refractivity contribution in [2.45, 2.75) is 25.9 Å². The summed E-state index contributed by atoms with van der Waals surface area (Å²) in [7, 11) is 0. The van der Waals surface area contributed by atoms with Crippen molar-refractivity contribution in [2.75, 3.05) is 18.6 Å². The summed E-state index contributed by atoms with van der Waals surface area (Å²) in [5.41, 5.74) is 0.847. The minimum atomic E-state index is -4.50. The lowest BCUT2D eigenvalue weighted by Crippen LogP contribution is -2.29. The fourth-order valence-electron chi connectivity index (χ4n) is 2.86. The number of esters is 1. The maximum Gasteiger partial charge on any atom is 0.416 e. The van der Waals surface area contributed by atoms with Crippen molar-refractivity contribution in [3.63, 3.8) is 0 Å². The van der Waals surface area contributed by atoms with Gasteiger partial charge in [-0.3, -0.25) is 0 Å². The molecule has 0 amide bonds. The summed E-state index contributed by atoms with van der Waals surface area (Å²) >= 11 is 1.48. The van der Waals surface area contributed by atoms with Crippen molar-refractivity contribution in [1.82, 2.24) is 5.32 Å². The number of thioether (sulfide) groups is 1. The maximum absolute atomic E-state index is 13.4. The Morgan fingerprint density at radius 1 is 1.32 bits per heavy atom. The topological polar surface area (TPSA) is 38.3 Å². The second-order valence-electron chi connectivity index (χ2n) is 5.58. The summed E-state index contributed by atoms with van der Waals surface area (Å²) in [5.74, 6) is -0.922. The molecule has 1 aromatic carbocycles. The van der Waals surface area contributed by atoms with Crippen LogP contribution < -0.4 is 5.32 Å². The molecule has 1 aliphatic heterocycles. The van der Waals surface area contributed by atoms with Crippen LogP contribution in [0.5, 0.6) is 0 Å². The molecule has 1 N–H and O–H groups in total. The van der Waals surface area contributed by atoms with E-state index in [4.69, 9.17) is 4.74 Å². The van der Waals surface area contributed by atoms with E-state index in [0.717, 1.165) is 6.07 Å². The molecule has 0 radical (unpaired) electrons. The standard InChI is InChI=1S/C18H20F3NO2S/c1-4-24-17(23)16-13(9-11(2)22-15(16)10-25-3)12-7-5-6-8-14(12)18(19,20)21/h5-9,13,22H,4,10H2,1-3H3. The number of alkyl halides is 3. The first-order chi connectivity index (χ1) is 11.8. The van der Waals surface area contributed by atoms with E-state index in [-0.39, 0.29) is 17.7 Å². The molecule has 0 saturated carbocycles. The zero-order chi connectivity index (χ0) is 18.6. The van der Waals surface area contributed by atoms with E-state index in [1.54, 1.807) is 26.0 Å². The molecule has 25 heavy (non-hydrogen) atoms. The van der Waals surface area contributed by atoms with E-state index in [1.165, 1.54) is 23.9 Å². The number of carbonyl (C=O) groups is 1. The van der Waals surface area contributed by atoms with Gasteiger partial charge in [0.2, 0.25) is 0 Å². The van der Waals surface area contributed by atoms with E-state index >= 15 is 0 Å². The van der Waals surface area contributed by atoms with Crippen LogP contribution in [-0.2, 0) is 15.7 Å². The lowest BCUT2D eigenvalue weighted by atomic mass is 9.84. The lowest BCUT2D eigenvalue weighted by Gasteiger charge is -2.28. The normalized spacial score (nSPS) is 17.8. The average Bonchev–Trinajstić information content (AvgIpc) is 2.54. The Morgan fingerprint density at radius 2 is 2.00 bits per heavy atom. The third-order valence-corrected chi connectivity index (χ3v) is 4.36. The van der Waals surface area contributed by atoms with Crippen molar-refractivity contribution in [2.24, 2.45) is 0 Å². The van der Waals surface area contributed by atoms with Gasteiger partial charge in [-0.15, -0.1) is 0 Å². The molecule has 1 aromatic rings. The Hall–Kier alpha value is -1.89. The second kappa shape index (κ2) is 7.99. The first kappa shape index (κ1) is 19.4. The second-order valence-corrected chi connectivity index (χ2v) is 6.45. The summed E-state index contributed by atoms with van der Waals surface area (Å²) in [5, 5.41) is 3.10. The quantitative estimate of drug-likeness (QED) is 0.775. The van der Waals surface area contributed by atoms with Crippen LogP contribution in [0, 0.1) is 0 Å². The molecule has 1 aliphatic rings. The third kappa shape index (κ3) is 4.39. The van der Waals surface area contributed by atoms with Crippen molar-refractivity contribution < 1.29 is 22.7 Å². The number of hydrogen-bond acceptors (Lipinski definition) is 4. The smallest absolute Gasteiger partial charge is 0.416 e. The van der Waals surface area contributed by atoms with Gasteiger partial charge in [-0.2, -0.15) is 24.9 Å². The van der Waals surface area contributed by atoms with Gasteiger partial charge in [0.15, 0.2) is 0 Å². The Morgan fingerprint density at radius 3 is 2.60 bits per heavy atom. The molecule has 0 fully saturated rings. The highest BCUT2D eigenvalue weighted by Gasteiger charge is 2.38. The number of hydrogen-bond donors (Lipinski definition) is 1. The highest BCUT2D eigenvalue weighted by molar-refractivity contribution is 7.98. The van der Waals surface area contributed by atoms with Gasteiger partial charge in [0.1, 0.15) is 0 Å². The minimum Gasteiger partial charge on any atom is -0.463 e. The predicted octanol–water partition coefficient (Wildman–Crippen LogP) is 4.48. The van der Waals surface area contributed by atoms with Crippen LogP contribution in [0.1, 0.15) is 30.9 Å². The summed E-state index contributed by atoms with van der Waals surface area (Å²) < 4.78 is 45.5. The van der Waals surface area contributed by atoms with E-state index in [2.05, 4.69) is 5.32 Å². The van der Waals surface area contributed by atoms with Gasteiger partial charge >= 0.3 is 12.1 Å². The van der Waals surface area contributed by atoms with E-state index in [1.807, 2.05) is 6.26 Å². The molecule has 136 valence electrons. The van der Waals surface area contributed by atoms with Gasteiger partial charge in [-0.1, -0.05) is 24.3 Å². The van der Waals surface area contributed by atoms with Gasteiger partial charge in [-0.25, -0.2) is 4.79 Å². The summed E-state index contributed by atoms with van der Waals surface area (Å²) in [4.78, 5) is 12.5. The van der Waals surface area contributed by atoms with E-state index in [9.17, 15) is 18.0 Å². The van der Waals surface area contributed by atoms with Crippen LogP contribution in [-0.4, -0.2) is 24.6 Å². The molecule has 1 heterocycles. The van der Waals surface area contributed by atoms with Crippen molar-refractivity contribution in [3.8, 4) is 0 Å². The SMILES string of the molecule is CCOC(=O)C1=C(CSC)NC(C)=CC1c1ccccc1C(F)(F)F. The van der Waals surface area contributed by atoms with Crippen LogP contribution >= 0.6 is 11.8 Å². The largest absolute Gasteiger partial charge is 0.463 e. The zero-order valence-electron chi connectivity index (χ0n) is 14.2. The fourth-order valence-corrected chi connectivity index (χ4v) is 3.37. The molecule has 2 rings (SSSR count). The molecule has 1 atom stereocenters. The number of dihydropyridines is 1. The number of rotatable bonds is 5. The monoisotopic (exact) mass is 371 g/mol. The first-order valence-corrected chi connectivity index (χ1v) is 9.19. The number of halogens is 3. The van der Waals surface area contributed by atoms with Gasteiger partial charge in [0, 0.05) is 23.1 Å². The highest BCUT2D eigenvalue weighted by atomic mass is 32.2. The Labute approximate surface area is 149 Å². The van der Waals surface area contributed by atoms with Gasteiger partial charge in [-0.05, 0) is 31.7 Å². The molecule has 0 bridgehead atoms. The Kier molecular flexibility index (Phi) is 6.21. The Bertz CT molecular complexity index is 711. The van der Waals surface area contributed by atoms with E-state index < -0.39 is 23.6 Å². The third-order valence-electron chi connectivity index (χ3n) is 3.79. The van der Waals surface area contributed by atoms with Gasteiger partial charge in [0.25, 0.3) is 0 Å². The molecule has 7 heteroatoms. The summed E-state index contributed by atoms with van der Waals surface area (Å²) in [6.45, 7) is 3.60. The lowest BCUT2D eigenvalue weighted by molar-refractivity contribution is -0.140. The highest BCUT2D eigenvalue weighted by Crippen LogP contribution is 2.40. The number of carbonyl (C=O) groups excluding carboxylic acids is 1. The van der Waals surface area contributed by atoms with Crippen molar-refractivity contribution >= 4 is 17.7 Å². The molecule has 3 nitrogen and oxygen atoms in total. The van der Waals surface area contributed by atoms with Crippen LogP contribution in [0.15, 0.2) is 47.3 Å². The molecule has 0 aliphatic carbocycles. The van der Waals surface area contributed by atoms with Gasteiger partial charge < -0.3 is 10.1 Å². The summed E-state index contributed by atoms with van der Waals surface area (Å²) in [6, 6.07) is 5.35. The van der Waals surface area contributed by atoms with Crippen LogP contribution in [0.3, 0.4) is 0 Å². The summed E-state index contributed by atoms with van der Waals surface area (Å²) in [6.07, 6.45) is -0.993. The van der Waals surface area contributed by atoms with Crippen LogP contribution in [0.25, 0.3) is 0 Å². The van der Waals surface area contributed by atoms with Crippen LogP contribution in [0.2, 0.25) is 0 Å². The van der Waals surface area contributed by atoms with Crippen molar-refractivity contribution in [3.05, 3.63) is 58.4 Å². The maximum atomic E-state index is 13.4.